The number of nitrogens with one attached hydrogen (secondary N) is 1. The van der Waals surface area contributed by atoms with Crippen molar-refractivity contribution in [1.29, 1.82) is 0 Å². The number of ether oxygens (including phenoxy) is 1. The van der Waals surface area contributed by atoms with Gasteiger partial charge >= 0.3 is 0 Å². The summed E-state index contributed by atoms with van der Waals surface area (Å²) >= 11 is 0. The SMILES string of the molecule is COCC1[C@@H](c2ccc(-c3cccc(C)c3C)cc2)[C@@H]2CN(S(=O)(=O)C3CNC(C)N3C)C/C=C\CN12. The van der Waals surface area contributed by atoms with Gasteiger partial charge in [0.2, 0.25) is 10.0 Å². The highest BCUT2D eigenvalue weighted by molar-refractivity contribution is 7.89. The molecule has 5 atom stereocenters. The van der Waals surface area contributed by atoms with Crippen LogP contribution in [0.2, 0.25) is 0 Å². The molecule has 2 aromatic carbocycles. The lowest BCUT2D eigenvalue weighted by atomic mass is 9.74. The van der Waals surface area contributed by atoms with Crippen molar-refractivity contribution in [3.8, 4) is 11.1 Å². The fraction of sp³-hybridized carbons (Fsp3) is 0.517. The predicted molar refractivity (Wildman–Crippen MR) is 149 cm³/mol. The lowest BCUT2D eigenvalue weighted by Crippen LogP contribution is -2.68. The molecule has 3 unspecified atom stereocenters. The Labute approximate surface area is 222 Å². The van der Waals surface area contributed by atoms with Gasteiger partial charge in [-0.15, -0.1) is 0 Å². The Hall–Kier alpha value is -2.07. The molecule has 0 spiro atoms. The summed E-state index contributed by atoms with van der Waals surface area (Å²) in [6, 6.07) is 15.6. The molecule has 1 N–H and O–H groups in total. The molecule has 0 amide bonds. The van der Waals surface area contributed by atoms with E-state index in [1.165, 1.54) is 27.8 Å². The number of hydrogen-bond acceptors (Lipinski definition) is 6. The smallest absolute Gasteiger partial charge is 0.232 e. The Bertz CT molecular complexity index is 1250. The first-order valence-corrected chi connectivity index (χ1v) is 14.7. The van der Waals surface area contributed by atoms with Gasteiger partial charge in [-0.25, -0.2) is 8.42 Å². The van der Waals surface area contributed by atoms with Gasteiger partial charge in [0.25, 0.3) is 0 Å². The maximum atomic E-state index is 13.8. The first kappa shape index (κ1) is 26.5. The molecule has 2 fully saturated rings. The monoisotopic (exact) mass is 524 g/mol. The molecular formula is C29H40N4O3S. The fourth-order valence-corrected chi connectivity index (χ4v) is 8.15. The van der Waals surface area contributed by atoms with Crippen molar-refractivity contribution in [3.05, 3.63) is 71.3 Å². The first-order valence-electron chi connectivity index (χ1n) is 13.2. The van der Waals surface area contributed by atoms with E-state index in [-0.39, 0.29) is 24.2 Å². The van der Waals surface area contributed by atoms with E-state index in [1.807, 2.05) is 24.9 Å². The largest absolute Gasteiger partial charge is 0.383 e. The Morgan fingerprint density at radius 2 is 1.78 bits per heavy atom. The van der Waals surface area contributed by atoms with Crippen LogP contribution in [0.5, 0.6) is 0 Å². The number of methoxy groups -OCH3 is 1. The number of rotatable bonds is 6. The number of aryl methyl sites for hydroxylation is 1. The molecule has 0 radical (unpaired) electrons. The van der Waals surface area contributed by atoms with Crippen molar-refractivity contribution in [2.45, 2.75) is 50.3 Å². The van der Waals surface area contributed by atoms with Crippen molar-refractivity contribution in [1.82, 2.24) is 19.4 Å². The van der Waals surface area contributed by atoms with E-state index in [1.54, 1.807) is 11.4 Å². The summed E-state index contributed by atoms with van der Waals surface area (Å²) in [7, 11) is 0.126. The molecule has 8 heteroatoms. The zero-order valence-corrected chi connectivity index (χ0v) is 23.4. The molecule has 200 valence electrons. The topological polar surface area (TPSA) is 65.1 Å². The van der Waals surface area contributed by atoms with Crippen molar-refractivity contribution < 1.29 is 13.2 Å². The maximum absolute atomic E-state index is 13.8. The second kappa shape index (κ2) is 10.6. The molecule has 5 rings (SSSR count). The molecule has 0 saturated carbocycles. The molecule has 3 aliphatic heterocycles. The van der Waals surface area contributed by atoms with Crippen LogP contribution in [0.3, 0.4) is 0 Å². The van der Waals surface area contributed by atoms with Gasteiger partial charge in [-0.2, -0.15) is 4.31 Å². The van der Waals surface area contributed by atoms with Crippen LogP contribution in [-0.4, -0.2) is 93.1 Å². The highest BCUT2D eigenvalue weighted by atomic mass is 32.2. The van der Waals surface area contributed by atoms with Crippen molar-refractivity contribution >= 4 is 10.0 Å². The Morgan fingerprint density at radius 3 is 2.46 bits per heavy atom. The summed E-state index contributed by atoms with van der Waals surface area (Å²) in [6.07, 6.45) is 4.14. The average molecular weight is 525 g/mol. The molecule has 2 saturated heterocycles. The molecule has 37 heavy (non-hydrogen) atoms. The Morgan fingerprint density at radius 1 is 1.05 bits per heavy atom. The van der Waals surface area contributed by atoms with Gasteiger partial charge in [0.05, 0.1) is 12.8 Å². The van der Waals surface area contributed by atoms with E-state index in [0.717, 1.165) is 6.54 Å². The summed E-state index contributed by atoms with van der Waals surface area (Å²) < 4.78 is 34.9. The lowest BCUT2D eigenvalue weighted by Gasteiger charge is -2.56. The van der Waals surface area contributed by atoms with E-state index >= 15 is 0 Å². The molecule has 2 aromatic rings. The second-order valence-corrected chi connectivity index (χ2v) is 12.8. The van der Waals surface area contributed by atoms with E-state index in [9.17, 15) is 8.42 Å². The van der Waals surface area contributed by atoms with Gasteiger partial charge < -0.3 is 4.74 Å². The zero-order valence-electron chi connectivity index (χ0n) is 22.6. The zero-order chi connectivity index (χ0) is 26.3. The number of benzene rings is 2. The minimum absolute atomic E-state index is 0.0414. The van der Waals surface area contributed by atoms with E-state index in [2.05, 4.69) is 72.6 Å². The van der Waals surface area contributed by atoms with Crippen LogP contribution in [0.4, 0.5) is 0 Å². The van der Waals surface area contributed by atoms with Gasteiger partial charge in [0.1, 0.15) is 5.37 Å². The van der Waals surface area contributed by atoms with Crippen LogP contribution in [0.1, 0.15) is 29.5 Å². The Kier molecular flexibility index (Phi) is 7.60. The van der Waals surface area contributed by atoms with Crippen molar-refractivity contribution in [3.63, 3.8) is 0 Å². The van der Waals surface area contributed by atoms with Gasteiger partial charge in [0.15, 0.2) is 0 Å². The van der Waals surface area contributed by atoms with Crippen LogP contribution >= 0.6 is 0 Å². The van der Waals surface area contributed by atoms with Gasteiger partial charge in [0, 0.05) is 51.3 Å². The lowest BCUT2D eigenvalue weighted by molar-refractivity contribution is -0.0509. The summed E-state index contributed by atoms with van der Waals surface area (Å²) in [5.41, 5.74) is 6.30. The first-order chi connectivity index (χ1) is 17.7. The predicted octanol–water partition coefficient (Wildman–Crippen LogP) is 3.16. The number of likely N-dealkylation sites (N-methyl/N-ethyl adjacent to an activating group) is 1. The third-order valence-corrected chi connectivity index (χ3v) is 11.0. The Balaban J connectivity index is 1.43. The normalized spacial score (nSPS) is 30.4. The molecule has 3 aliphatic rings. The molecular weight excluding hydrogens is 484 g/mol. The van der Waals surface area contributed by atoms with Crippen LogP contribution in [0.15, 0.2) is 54.6 Å². The maximum Gasteiger partial charge on any atom is 0.232 e. The standard InChI is InChI=1S/C29H40N4O3S/c1-20-9-8-10-25(21(20)2)23-11-13-24(14-12-23)29-26-18-32(15-6-7-16-33(26)27(29)19-36-5)37(34,35)28-17-30-22(3)31(28)4/h6-14,22,26-30H,15-19H2,1-5H3/b7-6-/t22?,26-,27?,28?,29-/m0/s1. The molecule has 0 aromatic heterocycles. The summed E-state index contributed by atoms with van der Waals surface area (Å²) in [5.74, 6) is 0.204. The van der Waals surface area contributed by atoms with Crippen LogP contribution in [0.25, 0.3) is 11.1 Å². The third-order valence-electron chi connectivity index (χ3n) is 8.77. The number of fused-ring (bicyclic) bond motifs is 1. The van der Waals surface area contributed by atoms with Crippen LogP contribution in [-0.2, 0) is 14.8 Å². The number of nitrogens with zero attached hydrogens (tertiary/aromatic N) is 3. The molecule has 3 heterocycles. The highest BCUT2D eigenvalue weighted by Crippen LogP contribution is 2.43. The third kappa shape index (κ3) is 4.80. The van der Waals surface area contributed by atoms with Crippen molar-refractivity contribution in [2.75, 3.05) is 46.9 Å². The minimum atomic E-state index is -3.51. The van der Waals surface area contributed by atoms with E-state index < -0.39 is 15.4 Å². The highest BCUT2D eigenvalue weighted by Gasteiger charge is 2.51. The average Bonchev–Trinajstić information content (AvgIpc) is 3.21. The second-order valence-electron chi connectivity index (χ2n) is 10.7. The molecule has 0 bridgehead atoms. The van der Waals surface area contributed by atoms with E-state index in [0.29, 0.717) is 26.2 Å². The van der Waals surface area contributed by atoms with Gasteiger partial charge in [-0.1, -0.05) is 54.6 Å². The van der Waals surface area contributed by atoms with E-state index in [4.69, 9.17) is 4.74 Å². The van der Waals surface area contributed by atoms with Crippen molar-refractivity contribution in [2.24, 2.45) is 0 Å². The molecule has 0 aliphatic carbocycles. The minimum Gasteiger partial charge on any atom is -0.383 e. The summed E-state index contributed by atoms with van der Waals surface area (Å²) in [6.45, 7) is 9.10. The quantitative estimate of drug-likeness (QED) is 0.586. The summed E-state index contributed by atoms with van der Waals surface area (Å²) in [4.78, 5) is 4.33. The number of sulfonamides is 1. The van der Waals surface area contributed by atoms with Crippen LogP contribution < -0.4 is 5.32 Å². The van der Waals surface area contributed by atoms with Gasteiger partial charge in [-0.05, 0) is 55.6 Å². The molecule has 7 nitrogen and oxygen atoms in total. The summed E-state index contributed by atoms with van der Waals surface area (Å²) in [5, 5.41) is 2.74. The van der Waals surface area contributed by atoms with Gasteiger partial charge in [-0.3, -0.25) is 15.1 Å². The van der Waals surface area contributed by atoms with Crippen LogP contribution in [0, 0.1) is 13.8 Å². The number of hydrogen-bond donors (Lipinski definition) is 1. The fourth-order valence-electron chi connectivity index (χ4n) is 6.24.